The van der Waals surface area contributed by atoms with Crippen LogP contribution in [-0.2, 0) is 12.8 Å². The summed E-state index contributed by atoms with van der Waals surface area (Å²) in [5.74, 6) is -0.875. The Morgan fingerprint density at radius 1 is 1.12 bits per heavy atom. The summed E-state index contributed by atoms with van der Waals surface area (Å²) in [4.78, 5) is 11.3. The zero-order valence-electron chi connectivity index (χ0n) is 13.9. The van der Waals surface area contributed by atoms with Gasteiger partial charge in [0.1, 0.15) is 5.82 Å². The highest BCUT2D eigenvalue weighted by Gasteiger charge is 2.14. The number of rotatable bonds is 5. The molecule has 128 valence electrons. The third kappa shape index (κ3) is 3.42. The lowest BCUT2D eigenvalue weighted by atomic mass is 10.00. The molecule has 0 radical (unpaired) electrons. The molecule has 5 nitrogen and oxygen atoms in total. The molecule has 1 aromatic heterocycles. The normalized spacial score (nSPS) is 11.0. The average molecular weight is 338 g/mol. The topological polar surface area (TPSA) is 94.9 Å². The fourth-order valence-electron chi connectivity index (χ4n) is 2.92. The van der Waals surface area contributed by atoms with Crippen LogP contribution in [0.4, 0.5) is 10.1 Å². The van der Waals surface area contributed by atoms with E-state index in [0.717, 1.165) is 17.5 Å². The van der Waals surface area contributed by atoms with Crippen LogP contribution in [0.25, 0.3) is 10.9 Å². The molecular formula is C19H19FN4O. The summed E-state index contributed by atoms with van der Waals surface area (Å²) in [6.07, 6.45) is 2.09. The number of nitrogen functional groups attached to an aromatic ring is 1. The smallest absolute Gasteiger partial charge is 0.271 e. The number of amides is 1. The lowest BCUT2D eigenvalue weighted by Gasteiger charge is -2.09. The van der Waals surface area contributed by atoms with Gasteiger partial charge < -0.3 is 11.5 Å². The van der Waals surface area contributed by atoms with Crippen LogP contribution in [0.15, 0.2) is 36.4 Å². The zero-order chi connectivity index (χ0) is 18.0. The fraction of sp³-hybridized carbons (Fsp3) is 0.211. The van der Waals surface area contributed by atoms with E-state index in [1.807, 2.05) is 31.2 Å². The van der Waals surface area contributed by atoms with Crippen LogP contribution in [0.5, 0.6) is 0 Å². The number of benzene rings is 2. The van der Waals surface area contributed by atoms with Gasteiger partial charge in [-0.15, -0.1) is 10.2 Å². The molecule has 6 heteroatoms. The van der Waals surface area contributed by atoms with Gasteiger partial charge >= 0.3 is 0 Å². The molecule has 2 aromatic carbocycles. The van der Waals surface area contributed by atoms with E-state index in [1.165, 1.54) is 0 Å². The number of aromatic nitrogens is 2. The van der Waals surface area contributed by atoms with Gasteiger partial charge in [0.2, 0.25) is 0 Å². The van der Waals surface area contributed by atoms with E-state index < -0.39 is 5.91 Å². The van der Waals surface area contributed by atoms with Crippen LogP contribution >= 0.6 is 0 Å². The van der Waals surface area contributed by atoms with Gasteiger partial charge in [-0.05, 0) is 48.9 Å². The van der Waals surface area contributed by atoms with E-state index >= 15 is 0 Å². The summed E-state index contributed by atoms with van der Waals surface area (Å²) in [7, 11) is 0. The van der Waals surface area contributed by atoms with Crippen LogP contribution in [0.3, 0.4) is 0 Å². The van der Waals surface area contributed by atoms with Crippen LogP contribution in [0, 0.1) is 12.7 Å². The van der Waals surface area contributed by atoms with Crippen LogP contribution < -0.4 is 11.5 Å². The highest BCUT2D eigenvalue weighted by atomic mass is 19.1. The highest BCUT2D eigenvalue weighted by molar-refractivity contribution is 6.04. The maximum absolute atomic E-state index is 13.9. The molecule has 0 bridgehead atoms. The number of fused-ring (bicyclic) bond motifs is 1. The summed E-state index contributed by atoms with van der Waals surface area (Å²) in [6, 6.07) is 10.9. The molecule has 0 fully saturated rings. The lowest BCUT2D eigenvalue weighted by molar-refractivity contribution is 0.0996. The van der Waals surface area contributed by atoms with Crippen molar-refractivity contribution in [3.8, 4) is 0 Å². The Morgan fingerprint density at radius 2 is 1.88 bits per heavy atom. The second-order valence-electron chi connectivity index (χ2n) is 6.09. The molecular weight excluding hydrogens is 319 g/mol. The Morgan fingerprint density at radius 3 is 2.60 bits per heavy atom. The van der Waals surface area contributed by atoms with Gasteiger partial charge in [0, 0.05) is 5.39 Å². The first kappa shape index (κ1) is 16.8. The third-order valence-corrected chi connectivity index (χ3v) is 4.25. The van der Waals surface area contributed by atoms with Crippen molar-refractivity contribution in [2.45, 2.75) is 26.2 Å². The first-order valence-electron chi connectivity index (χ1n) is 8.06. The maximum atomic E-state index is 13.9. The van der Waals surface area contributed by atoms with E-state index in [0.29, 0.717) is 29.3 Å². The van der Waals surface area contributed by atoms with Crippen LogP contribution in [-0.4, -0.2) is 16.1 Å². The van der Waals surface area contributed by atoms with E-state index in [-0.39, 0.29) is 17.2 Å². The number of carbonyl (C=O) groups excluding carboxylic acids is 1. The molecule has 0 saturated heterocycles. The standard InChI is InChI=1S/C19H19FN4O/c1-11-8-9-12(15(20)10-11)4-2-5-13-6-3-7-14-16(21)18(19(22)25)24-23-17(13)14/h3,6-10H,2,4-5H2,1H3,(H2,21,23)(H2,22,25). The largest absolute Gasteiger partial charge is 0.396 e. The van der Waals surface area contributed by atoms with E-state index in [1.54, 1.807) is 12.1 Å². The van der Waals surface area contributed by atoms with E-state index in [2.05, 4.69) is 10.2 Å². The zero-order valence-corrected chi connectivity index (χ0v) is 13.9. The summed E-state index contributed by atoms with van der Waals surface area (Å²) in [6.45, 7) is 1.87. The van der Waals surface area contributed by atoms with Crippen molar-refractivity contribution >= 4 is 22.5 Å². The van der Waals surface area contributed by atoms with Gasteiger partial charge in [0.05, 0.1) is 11.2 Å². The average Bonchev–Trinajstić information content (AvgIpc) is 2.57. The molecule has 0 saturated carbocycles. The van der Waals surface area contributed by atoms with Crippen molar-refractivity contribution in [2.75, 3.05) is 5.73 Å². The van der Waals surface area contributed by atoms with Gasteiger partial charge in [-0.2, -0.15) is 0 Å². The van der Waals surface area contributed by atoms with Crippen molar-refractivity contribution in [1.82, 2.24) is 10.2 Å². The Kier molecular flexibility index (Phi) is 4.61. The SMILES string of the molecule is Cc1ccc(CCCc2cccc3c(N)c(C(N)=O)nnc23)c(F)c1. The van der Waals surface area contributed by atoms with Gasteiger partial charge in [-0.1, -0.05) is 30.3 Å². The minimum absolute atomic E-state index is 0.0219. The molecule has 0 atom stereocenters. The van der Waals surface area contributed by atoms with Crippen molar-refractivity contribution in [2.24, 2.45) is 5.73 Å². The maximum Gasteiger partial charge on any atom is 0.271 e. The van der Waals surface area contributed by atoms with Crippen molar-refractivity contribution in [3.63, 3.8) is 0 Å². The molecule has 0 aliphatic rings. The molecule has 4 N–H and O–H groups in total. The highest BCUT2D eigenvalue weighted by Crippen LogP contribution is 2.25. The molecule has 0 unspecified atom stereocenters. The predicted molar refractivity (Wildman–Crippen MR) is 95.6 cm³/mol. The number of nitrogens with two attached hydrogens (primary N) is 2. The van der Waals surface area contributed by atoms with Gasteiger partial charge in [0.15, 0.2) is 5.69 Å². The Bertz CT molecular complexity index is 956. The van der Waals surface area contributed by atoms with Gasteiger partial charge in [-0.25, -0.2) is 4.39 Å². The van der Waals surface area contributed by atoms with Gasteiger partial charge in [0.25, 0.3) is 5.91 Å². The van der Waals surface area contributed by atoms with Crippen molar-refractivity contribution in [3.05, 3.63) is 64.6 Å². The monoisotopic (exact) mass is 338 g/mol. The molecule has 1 amide bonds. The number of halogens is 1. The summed E-state index contributed by atoms with van der Waals surface area (Å²) in [5, 5.41) is 8.62. The number of nitrogens with zero attached hydrogens (tertiary/aromatic N) is 2. The van der Waals surface area contributed by atoms with Crippen LogP contribution in [0.1, 0.15) is 33.6 Å². The quantitative estimate of drug-likeness (QED) is 0.748. The number of carbonyl (C=O) groups is 1. The van der Waals surface area contributed by atoms with Crippen molar-refractivity contribution < 1.29 is 9.18 Å². The molecule has 25 heavy (non-hydrogen) atoms. The number of hydrogen-bond acceptors (Lipinski definition) is 4. The number of hydrogen-bond donors (Lipinski definition) is 2. The minimum atomic E-state index is -0.702. The molecule has 0 aliphatic heterocycles. The van der Waals surface area contributed by atoms with E-state index in [4.69, 9.17) is 11.5 Å². The first-order valence-corrected chi connectivity index (χ1v) is 8.06. The first-order chi connectivity index (χ1) is 12.0. The summed E-state index contributed by atoms with van der Waals surface area (Å²) in [5.41, 5.74) is 14.7. The fourth-order valence-corrected chi connectivity index (χ4v) is 2.92. The molecule has 0 aliphatic carbocycles. The summed E-state index contributed by atoms with van der Waals surface area (Å²) < 4.78 is 13.9. The molecule has 1 heterocycles. The van der Waals surface area contributed by atoms with Crippen LogP contribution in [0.2, 0.25) is 0 Å². The predicted octanol–water partition coefficient (Wildman–Crippen LogP) is 2.93. The molecule has 3 rings (SSSR count). The van der Waals surface area contributed by atoms with Crippen molar-refractivity contribution in [1.29, 1.82) is 0 Å². The third-order valence-electron chi connectivity index (χ3n) is 4.25. The second kappa shape index (κ2) is 6.84. The number of anilines is 1. The second-order valence-corrected chi connectivity index (χ2v) is 6.09. The van der Waals surface area contributed by atoms with E-state index in [9.17, 15) is 9.18 Å². The lowest BCUT2D eigenvalue weighted by Crippen LogP contribution is -2.17. The Labute approximate surface area is 144 Å². The molecule has 0 spiro atoms. The van der Waals surface area contributed by atoms with Gasteiger partial charge in [-0.3, -0.25) is 4.79 Å². The Hall–Kier alpha value is -3.02. The number of aryl methyl sites for hydroxylation is 3. The molecule has 3 aromatic rings. The minimum Gasteiger partial charge on any atom is -0.396 e. The number of primary amides is 1. The Balaban J connectivity index is 1.82. The summed E-state index contributed by atoms with van der Waals surface area (Å²) >= 11 is 0.